The number of carbonyl (C=O) groups excluding carboxylic acids is 1. The van der Waals surface area contributed by atoms with Crippen molar-refractivity contribution < 1.29 is 27.1 Å². The van der Waals surface area contributed by atoms with Gasteiger partial charge in [0.1, 0.15) is 18.6 Å². The lowest BCUT2D eigenvalue weighted by molar-refractivity contribution is -0.174. The van der Waals surface area contributed by atoms with Gasteiger partial charge in [0, 0.05) is 39.3 Å². The Morgan fingerprint density at radius 1 is 1.28 bits per heavy atom. The van der Waals surface area contributed by atoms with Crippen molar-refractivity contribution in [1.82, 2.24) is 9.80 Å². The molecule has 1 aliphatic rings. The molecule has 1 aliphatic heterocycles. The third-order valence-electron chi connectivity index (χ3n) is 3.79. The smallest absolute Gasteiger partial charge is 0.411 e. The second kappa shape index (κ2) is 10.0. The van der Waals surface area contributed by atoms with Gasteiger partial charge in [0.15, 0.2) is 0 Å². The van der Waals surface area contributed by atoms with E-state index in [2.05, 4.69) is 9.64 Å². The number of ether oxygens (including phenoxy) is 1. The Balaban J connectivity index is 0.00000312. The van der Waals surface area contributed by atoms with Crippen LogP contribution in [0.5, 0.6) is 0 Å². The molecule has 2 N–H and O–H groups in total. The van der Waals surface area contributed by atoms with Gasteiger partial charge < -0.3 is 19.8 Å². The monoisotopic (exact) mass is 385 g/mol. The zero-order valence-corrected chi connectivity index (χ0v) is 14.6. The maximum Gasteiger partial charge on any atom is 0.411 e. The molecule has 1 fully saturated rings. The normalized spacial score (nSPS) is 15.9. The first-order valence-corrected chi connectivity index (χ1v) is 7.82. The molecule has 0 saturated carbocycles. The van der Waals surface area contributed by atoms with E-state index < -0.39 is 12.8 Å². The summed E-state index contributed by atoms with van der Waals surface area (Å²) in [6, 6.07) is 1.65. The highest BCUT2D eigenvalue weighted by Gasteiger charge is 2.27. The Labute approximate surface area is 150 Å². The van der Waals surface area contributed by atoms with Crippen LogP contribution in [-0.4, -0.2) is 67.8 Å². The summed E-state index contributed by atoms with van der Waals surface area (Å²) < 4.78 is 45.6. The first kappa shape index (κ1) is 21.8. The van der Waals surface area contributed by atoms with Crippen molar-refractivity contribution in [1.29, 1.82) is 0 Å². The van der Waals surface area contributed by atoms with Crippen LogP contribution >= 0.6 is 12.4 Å². The van der Waals surface area contributed by atoms with Gasteiger partial charge in [-0.3, -0.25) is 9.69 Å². The average Bonchev–Trinajstić information content (AvgIpc) is 3.02. The molecule has 25 heavy (non-hydrogen) atoms. The van der Waals surface area contributed by atoms with Crippen LogP contribution in [0.25, 0.3) is 0 Å². The Bertz CT molecular complexity index is 532. The first-order chi connectivity index (χ1) is 11.4. The van der Waals surface area contributed by atoms with Crippen molar-refractivity contribution in [2.24, 2.45) is 5.73 Å². The van der Waals surface area contributed by atoms with E-state index in [1.54, 1.807) is 11.0 Å². The molecule has 1 aromatic rings. The summed E-state index contributed by atoms with van der Waals surface area (Å²) >= 11 is 0. The van der Waals surface area contributed by atoms with Crippen molar-refractivity contribution >= 4 is 18.3 Å². The van der Waals surface area contributed by atoms with E-state index >= 15 is 0 Å². The number of piperazine rings is 1. The highest BCUT2D eigenvalue weighted by atomic mass is 35.5. The van der Waals surface area contributed by atoms with Gasteiger partial charge in [0.2, 0.25) is 0 Å². The van der Waals surface area contributed by atoms with Gasteiger partial charge >= 0.3 is 6.18 Å². The van der Waals surface area contributed by atoms with Crippen molar-refractivity contribution in [3.8, 4) is 0 Å². The third kappa shape index (κ3) is 7.23. The molecule has 0 spiro atoms. The molecule has 1 aromatic heterocycles. The van der Waals surface area contributed by atoms with E-state index in [-0.39, 0.29) is 31.5 Å². The molecule has 0 bridgehead atoms. The van der Waals surface area contributed by atoms with Crippen molar-refractivity contribution in [3.05, 3.63) is 23.7 Å². The summed E-state index contributed by atoms with van der Waals surface area (Å²) in [5.74, 6) is 0.474. The summed E-state index contributed by atoms with van der Waals surface area (Å²) in [5.41, 5.74) is 5.94. The Morgan fingerprint density at radius 2 is 1.96 bits per heavy atom. The zero-order valence-electron chi connectivity index (χ0n) is 13.8. The molecule has 0 radical (unpaired) electrons. The number of halogens is 4. The van der Waals surface area contributed by atoms with Gasteiger partial charge in [-0.2, -0.15) is 13.2 Å². The second-order valence-electron chi connectivity index (χ2n) is 5.66. The fraction of sp³-hybridized carbons (Fsp3) is 0.667. The lowest BCUT2D eigenvalue weighted by atomic mass is 10.2. The quantitative estimate of drug-likeness (QED) is 0.726. The number of hydrogen-bond acceptors (Lipinski definition) is 5. The highest BCUT2D eigenvalue weighted by molar-refractivity contribution is 5.94. The number of nitrogens with two attached hydrogens (primary N) is 1. The van der Waals surface area contributed by atoms with Gasteiger partial charge in [0.25, 0.3) is 5.91 Å². The van der Waals surface area contributed by atoms with Crippen LogP contribution in [0, 0.1) is 0 Å². The Hall–Kier alpha value is -1.29. The average molecular weight is 386 g/mol. The highest BCUT2D eigenvalue weighted by Crippen LogP contribution is 2.15. The molecule has 0 atom stereocenters. The number of furan rings is 1. The molecular formula is C15H23ClF3N3O3. The van der Waals surface area contributed by atoms with Crippen LogP contribution in [0.15, 0.2) is 16.7 Å². The van der Waals surface area contributed by atoms with Crippen LogP contribution in [0.3, 0.4) is 0 Å². The lowest BCUT2D eigenvalue weighted by Gasteiger charge is -2.34. The lowest BCUT2D eigenvalue weighted by Crippen LogP contribution is -2.48. The Kier molecular flexibility index (Phi) is 8.70. The molecule has 0 aliphatic carbocycles. The summed E-state index contributed by atoms with van der Waals surface area (Å²) in [6.45, 7) is 2.30. The van der Waals surface area contributed by atoms with E-state index in [1.807, 2.05) is 0 Å². The molecule has 0 unspecified atom stereocenters. The SMILES string of the molecule is Cl.NCc1cc(C(=O)N2CCN(CCCOCC(F)(F)F)CC2)co1. The number of hydrogen-bond donors (Lipinski definition) is 1. The van der Waals surface area contributed by atoms with Crippen LogP contribution in [0.2, 0.25) is 0 Å². The zero-order chi connectivity index (χ0) is 17.6. The van der Waals surface area contributed by atoms with Gasteiger partial charge in [-0.25, -0.2) is 0 Å². The maximum absolute atomic E-state index is 12.3. The second-order valence-corrected chi connectivity index (χ2v) is 5.66. The molecule has 6 nitrogen and oxygen atoms in total. The largest absolute Gasteiger partial charge is 0.467 e. The fourth-order valence-electron chi connectivity index (χ4n) is 2.54. The molecule has 1 saturated heterocycles. The fourth-order valence-corrected chi connectivity index (χ4v) is 2.54. The molecule has 10 heteroatoms. The third-order valence-corrected chi connectivity index (χ3v) is 3.79. The molecule has 144 valence electrons. The summed E-state index contributed by atoms with van der Waals surface area (Å²) in [4.78, 5) is 16.2. The van der Waals surface area contributed by atoms with E-state index in [0.29, 0.717) is 50.5 Å². The maximum atomic E-state index is 12.3. The number of amides is 1. The summed E-state index contributed by atoms with van der Waals surface area (Å²) in [6.07, 6.45) is -2.33. The first-order valence-electron chi connectivity index (χ1n) is 7.82. The number of alkyl halides is 3. The molecule has 1 amide bonds. The van der Waals surface area contributed by atoms with E-state index in [1.165, 1.54) is 6.26 Å². The molecular weight excluding hydrogens is 363 g/mol. The summed E-state index contributed by atoms with van der Waals surface area (Å²) in [7, 11) is 0. The van der Waals surface area contributed by atoms with Crippen LogP contribution < -0.4 is 5.73 Å². The van der Waals surface area contributed by atoms with E-state index in [4.69, 9.17) is 10.2 Å². The standard InChI is InChI=1S/C15H22F3N3O3.ClH/c16-15(17,18)11-23-7-1-2-20-3-5-21(6-4-20)14(22)12-8-13(9-19)24-10-12;/h8,10H,1-7,9,11,19H2;1H. The van der Waals surface area contributed by atoms with E-state index in [9.17, 15) is 18.0 Å². The van der Waals surface area contributed by atoms with Gasteiger partial charge in [-0.1, -0.05) is 0 Å². The van der Waals surface area contributed by atoms with E-state index in [0.717, 1.165) is 0 Å². The van der Waals surface area contributed by atoms with Crippen molar-refractivity contribution in [3.63, 3.8) is 0 Å². The minimum atomic E-state index is -4.27. The minimum Gasteiger partial charge on any atom is -0.467 e. The van der Waals surface area contributed by atoms with Gasteiger partial charge in [0.05, 0.1) is 12.1 Å². The van der Waals surface area contributed by atoms with Crippen molar-refractivity contribution in [2.75, 3.05) is 45.9 Å². The van der Waals surface area contributed by atoms with Crippen LogP contribution in [0.1, 0.15) is 22.5 Å². The van der Waals surface area contributed by atoms with Crippen LogP contribution in [0.4, 0.5) is 13.2 Å². The predicted molar refractivity (Wildman–Crippen MR) is 87.7 cm³/mol. The predicted octanol–water partition coefficient (Wildman–Crippen LogP) is 1.89. The number of nitrogens with zero attached hydrogens (tertiary/aromatic N) is 2. The number of carbonyl (C=O) groups is 1. The Morgan fingerprint density at radius 3 is 2.52 bits per heavy atom. The minimum absolute atomic E-state index is 0. The topological polar surface area (TPSA) is 71.9 Å². The van der Waals surface area contributed by atoms with Crippen LogP contribution in [-0.2, 0) is 11.3 Å². The van der Waals surface area contributed by atoms with Gasteiger partial charge in [-0.05, 0) is 12.5 Å². The molecule has 2 heterocycles. The number of rotatable bonds is 7. The van der Waals surface area contributed by atoms with Crippen molar-refractivity contribution in [2.45, 2.75) is 19.1 Å². The molecule has 0 aromatic carbocycles. The summed E-state index contributed by atoms with van der Waals surface area (Å²) in [5, 5.41) is 0. The molecule has 2 rings (SSSR count). The van der Waals surface area contributed by atoms with Gasteiger partial charge in [-0.15, -0.1) is 12.4 Å².